The Kier molecular flexibility index (Phi) is 4.59. The van der Waals surface area contributed by atoms with Crippen LogP contribution in [0.1, 0.15) is 43.2 Å². The number of aryl methyl sites for hydroxylation is 1. The van der Waals surface area contributed by atoms with Crippen LogP contribution < -0.4 is 5.32 Å². The molecule has 1 N–H and O–H groups in total. The second kappa shape index (κ2) is 6.41. The zero-order valence-corrected chi connectivity index (χ0v) is 11.1. The Hall–Kier alpha value is -1.54. The smallest absolute Gasteiger partial charge is 0.117 e. The van der Waals surface area contributed by atoms with Crippen LogP contribution in [0.25, 0.3) is 0 Å². The minimum absolute atomic E-state index is 0.339. The standard InChI is InChI=1S/C16H21NO/c1-3-5-14-7-9-15(10-8-14)13(2)17-12-16-6-4-11-18-16/h4,6-11,13,17H,3,5,12H2,1-2H3. The molecule has 2 nitrogen and oxygen atoms in total. The lowest BCUT2D eigenvalue weighted by Crippen LogP contribution is -2.17. The monoisotopic (exact) mass is 243 g/mol. The van der Waals surface area contributed by atoms with E-state index in [1.165, 1.54) is 17.5 Å². The molecule has 0 aliphatic rings. The van der Waals surface area contributed by atoms with Crippen LogP contribution in [0, 0.1) is 0 Å². The number of rotatable bonds is 6. The molecule has 0 saturated carbocycles. The van der Waals surface area contributed by atoms with E-state index in [0.29, 0.717) is 6.04 Å². The van der Waals surface area contributed by atoms with E-state index in [1.807, 2.05) is 12.1 Å². The molecule has 0 fully saturated rings. The van der Waals surface area contributed by atoms with Gasteiger partial charge in [-0.3, -0.25) is 0 Å². The minimum atomic E-state index is 0.339. The molecule has 1 aromatic carbocycles. The van der Waals surface area contributed by atoms with Gasteiger partial charge in [-0.15, -0.1) is 0 Å². The van der Waals surface area contributed by atoms with Crippen LogP contribution in [-0.2, 0) is 13.0 Å². The molecule has 0 bridgehead atoms. The van der Waals surface area contributed by atoms with Crippen molar-refractivity contribution in [3.05, 3.63) is 59.5 Å². The maximum absolute atomic E-state index is 5.31. The summed E-state index contributed by atoms with van der Waals surface area (Å²) in [6.07, 6.45) is 4.07. The number of hydrogen-bond acceptors (Lipinski definition) is 2. The zero-order chi connectivity index (χ0) is 12.8. The first-order valence-corrected chi connectivity index (χ1v) is 6.64. The lowest BCUT2D eigenvalue weighted by Gasteiger charge is -2.13. The van der Waals surface area contributed by atoms with Crippen LogP contribution in [0.15, 0.2) is 47.1 Å². The van der Waals surface area contributed by atoms with Crippen LogP contribution >= 0.6 is 0 Å². The molecule has 0 aliphatic carbocycles. The molecule has 0 radical (unpaired) electrons. The fraction of sp³-hybridized carbons (Fsp3) is 0.375. The first kappa shape index (κ1) is 12.9. The molecular weight excluding hydrogens is 222 g/mol. The van der Waals surface area contributed by atoms with Crippen LogP contribution in [0.5, 0.6) is 0 Å². The third-order valence-corrected chi connectivity index (χ3v) is 3.18. The Labute approximate surface area is 109 Å². The maximum Gasteiger partial charge on any atom is 0.117 e. The highest BCUT2D eigenvalue weighted by Gasteiger charge is 2.05. The van der Waals surface area contributed by atoms with Gasteiger partial charge in [-0.05, 0) is 36.6 Å². The van der Waals surface area contributed by atoms with Gasteiger partial charge in [0.1, 0.15) is 5.76 Å². The van der Waals surface area contributed by atoms with Crippen molar-refractivity contribution in [2.45, 2.75) is 39.3 Å². The van der Waals surface area contributed by atoms with Gasteiger partial charge in [0.05, 0.1) is 12.8 Å². The lowest BCUT2D eigenvalue weighted by atomic mass is 10.0. The average molecular weight is 243 g/mol. The zero-order valence-electron chi connectivity index (χ0n) is 11.1. The minimum Gasteiger partial charge on any atom is -0.468 e. The molecule has 0 amide bonds. The summed E-state index contributed by atoms with van der Waals surface area (Å²) < 4.78 is 5.31. The molecule has 0 spiro atoms. The third kappa shape index (κ3) is 3.47. The van der Waals surface area contributed by atoms with Gasteiger partial charge in [0, 0.05) is 6.04 Å². The Balaban J connectivity index is 1.89. The Morgan fingerprint density at radius 1 is 1.17 bits per heavy atom. The predicted octanol–water partition coefficient (Wildman–Crippen LogP) is 4.08. The SMILES string of the molecule is CCCc1ccc(C(C)NCc2ccco2)cc1. The Morgan fingerprint density at radius 2 is 1.94 bits per heavy atom. The molecule has 1 aromatic heterocycles. The highest BCUT2D eigenvalue weighted by atomic mass is 16.3. The van der Waals surface area contributed by atoms with Crippen molar-refractivity contribution in [1.82, 2.24) is 5.32 Å². The van der Waals surface area contributed by atoms with E-state index in [4.69, 9.17) is 4.42 Å². The maximum atomic E-state index is 5.31. The van der Waals surface area contributed by atoms with E-state index < -0.39 is 0 Å². The second-order valence-corrected chi connectivity index (χ2v) is 4.67. The van der Waals surface area contributed by atoms with Crippen molar-refractivity contribution in [1.29, 1.82) is 0 Å². The summed E-state index contributed by atoms with van der Waals surface area (Å²) in [6.45, 7) is 5.16. The fourth-order valence-electron chi connectivity index (χ4n) is 2.05. The first-order valence-electron chi connectivity index (χ1n) is 6.64. The van der Waals surface area contributed by atoms with E-state index in [1.54, 1.807) is 6.26 Å². The van der Waals surface area contributed by atoms with Crippen LogP contribution in [-0.4, -0.2) is 0 Å². The molecule has 18 heavy (non-hydrogen) atoms. The van der Waals surface area contributed by atoms with Gasteiger partial charge in [-0.2, -0.15) is 0 Å². The normalized spacial score (nSPS) is 12.6. The van der Waals surface area contributed by atoms with Gasteiger partial charge in [0.2, 0.25) is 0 Å². The van der Waals surface area contributed by atoms with Crippen molar-refractivity contribution >= 4 is 0 Å². The summed E-state index contributed by atoms with van der Waals surface area (Å²) in [6, 6.07) is 13.1. The topological polar surface area (TPSA) is 25.2 Å². The molecule has 0 saturated heterocycles. The summed E-state index contributed by atoms with van der Waals surface area (Å²) in [5.41, 5.74) is 2.74. The van der Waals surface area contributed by atoms with Crippen molar-refractivity contribution < 1.29 is 4.42 Å². The van der Waals surface area contributed by atoms with Crippen LogP contribution in [0.3, 0.4) is 0 Å². The van der Waals surface area contributed by atoms with E-state index in [9.17, 15) is 0 Å². The average Bonchev–Trinajstić information content (AvgIpc) is 2.90. The number of hydrogen-bond donors (Lipinski definition) is 1. The predicted molar refractivity (Wildman–Crippen MR) is 74.4 cm³/mol. The Morgan fingerprint density at radius 3 is 2.56 bits per heavy atom. The van der Waals surface area contributed by atoms with Crippen molar-refractivity contribution in [3.63, 3.8) is 0 Å². The second-order valence-electron chi connectivity index (χ2n) is 4.67. The number of furan rings is 1. The molecule has 2 rings (SSSR count). The highest BCUT2D eigenvalue weighted by molar-refractivity contribution is 5.24. The highest BCUT2D eigenvalue weighted by Crippen LogP contribution is 2.15. The van der Waals surface area contributed by atoms with Gasteiger partial charge in [0.15, 0.2) is 0 Å². The first-order chi connectivity index (χ1) is 8.79. The number of benzene rings is 1. The summed E-state index contributed by atoms with van der Waals surface area (Å²) in [7, 11) is 0. The molecule has 96 valence electrons. The molecule has 1 unspecified atom stereocenters. The van der Waals surface area contributed by atoms with Gasteiger partial charge in [-0.1, -0.05) is 37.6 Å². The molecule has 0 aliphatic heterocycles. The van der Waals surface area contributed by atoms with Gasteiger partial charge in [-0.25, -0.2) is 0 Å². The summed E-state index contributed by atoms with van der Waals surface area (Å²) in [5.74, 6) is 0.976. The van der Waals surface area contributed by atoms with E-state index in [2.05, 4.69) is 43.4 Å². The molecular formula is C16H21NO. The largest absolute Gasteiger partial charge is 0.468 e. The Bertz CT molecular complexity index is 444. The van der Waals surface area contributed by atoms with Gasteiger partial charge >= 0.3 is 0 Å². The summed E-state index contributed by atoms with van der Waals surface area (Å²) in [5, 5.41) is 3.46. The molecule has 2 aromatic rings. The van der Waals surface area contributed by atoms with Crippen molar-refractivity contribution in [3.8, 4) is 0 Å². The molecule has 2 heteroatoms. The van der Waals surface area contributed by atoms with Crippen molar-refractivity contribution in [2.75, 3.05) is 0 Å². The summed E-state index contributed by atoms with van der Waals surface area (Å²) in [4.78, 5) is 0. The van der Waals surface area contributed by atoms with Gasteiger partial charge in [0.25, 0.3) is 0 Å². The van der Waals surface area contributed by atoms with Crippen molar-refractivity contribution in [2.24, 2.45) is 0 Å². The van der Waals surface area contributed by atoms with Crippen LogP contribution in [0.4, 0.5) is 0 Å². The quantitative estimate of drug-likeness (QED) is 0.827. The lowest BCUT2D eigenvalue weighted by molar-refractivity contribution is 0.460. The van der Waals surface area contributed by atoms with E-state index >= 15 is 0 Å². The summed E-state index contributed by atoms with van der Waals surface area (Å²) >= 11 is 0. The molecule has 1 heterocycles. The molecule has 1 atom stereocenters. The third-order valence-electron chi connectivity index (χ3n) is 3.18. The number of nitrogens with one attached hydrogen (secondary N) is 1. The van der Waals surface area contributed by atoms with E-state index in [0.717, 1.165) is 18.7 Å². The van der Waals surface area contributed by atoms with E-state index in [-0.39, 0.29) is 0 Å². The fourth-order valence-corrected chi connectivity index (χ4v) is 2.05. The van der Waals surface area contributed by atoms with Gasteiger partial charge < -0.3 is 9.73 Å². The van der Waals surface area contributed by atoms with Crippen LogP contribution in [0.2, 0.25) is 0 Å².